The molecule has 2 aromatic carbocycles. The highest BCUT2D eigenvalue weighted by atomic mass is 15.5. The maximum Gasteiger partial charge on any atom is 0.178 e. The third kappa shape index (κ3) is 3.49. The smallest absolute Gasteiger partial charge is 0.178 e. The number of fused-ring (bicyclic) bond motifs is 1. The van der Waals surface area contributed by atoms with Gasteiger partial charge in [-0.25, -0.2) is 4.68 Å². The Labute approximate surface area is 169 Å². The number of pyridine rings is 1. The van der Waals surface area contributed by atoms with Crippen molar-refractivity contribution in [3.63, 3.8) is 0 Å². The molecular weight excluding hydrogens is 360 g/mol. The Morgan fingerprint density at radius 3 is 2.66 bits per heavy atom. The van der Waals surface area contributed by atoms with Gasteiger partial charge in [0.1, 0.15) is 6.04 Å². The number of anilines is 1. The monoisotopic (exact) mass is 382 g/mol. The van der Waals surface area contributed by atoms with Gasteiger partial charge in [0, 0.05) is 36.7 Å². The van der Waals surface area contributed by atoms with Gasteiger partial charge in [-0.05, 0) is 46.5 Å². The fourth-order valence-corrected chi connectivity index (χ4v) is 4.08. The van der Waals surface area contributed by atoms with Crippen molar-refractivity contribution in [2.45, 2.75) is 25.4 Å². The van der Waals surface area contributed by atoms with Crippen molar-refractivity contribution in [1.29, 1.82) is 0 Å². The van der Waals surface area contributed by atoms with Crippen molar-refractivity contribution in [3.8, 4) is 0 Å². The van der Waals surface area contributed by atoms with E-state index in [1.165, 1.54) is 16.8 Å². The highest BCUT2D eigenvalue weighted by Gasteiger charge is 2.32. The normalized spacial score (nSPS) is 14.0. The second kappa shape index (κ2) is 7.83. The maximum atomic E-state index is 4.46. The second-order valence-corrected chi connectivity index (χ2v) is 7.26. The Kier molecular flexibility index (Phi) is 4.74. The van der Waals surface area contributed by atoms with E-state index < -0.39 is 0 Å². The first-order chi connectivity index (χ1) is 14.4. The van der Waals surface area contributed by atoms with Crippen molar-refractivity contribution < 1.29 is 0 Å². The molecule has 2 aromatic heterocycles. The number of aryl methyl sites for hydroxylation is 2. The predicted molar refractivity (Wildman–Crippen MR) is 112 cm³/mol. The molecule has 0 radical (unpaired) electrons. The number of aromatic nitrogens is 5. The summed E-state index contributed by atoms with van der Waals surface area (Å²) in [6.45, 7) is 1.67. The molecule has 0 aliphatic carbocycles. The number of para-hydroxylation sites is 1. The highest BCUT2D eigenvalue weighted by Crippen LogP contribution is 2.37. The summed E-state index contributed by atoms with van der Waals surface area (Å²) < 4.78 is 1.94. The number of hydrogen-bond acceptors (Lipinski definition) is 5. The number of tetrazole rings is 1. The molecule has 5 rings (SSSR count). The summed E-state index contributed by atoms with van der Waals surface area (Å²) in [5.74, 6) is 0.852. The van der Waals surface area contributed by atoms with Crippen LogP contribution in [0.5, 0.6) is 0 Å². The van der Waals surface area contributed by atoms with E-state index in [2.05, 4.69) is 80.0 Å². The molecule has 0 spiro atoms. The standard InChI is InChI=1S/C23H22N6/c1-2-7-18(8-3-1)12-16-29-23(25-26-27-29)22(20-10-6-14-24-17-20)28-15-13-19-9-4-5-11-21(19)28/h1-11,14,17,22H,12-13,15-16H2/t22-/m0/s1. The molecule has 4 aromatic rings. The van der Waals surface area contributed by atoms with Gasteiger partial charge < -0.3 is 4.90 Å². The molecule has 1 atom stereocenters. The Balaban J connectivity index is 1.51. The predicted octanol–water partition coefficient (Wildman–Crippen LogP) is 3.46. The van der Waals surface area contributed by atoms with Gasteiger partial charge in [-0.3, -0.25) is 4.98 Å². The molecule has 0 unspecified atom stereocenters. The molecule has 29 heavy (non-hydrogen) atoms. The minimum Gasteiger partial charge on any atom is -0.357 e. The van der Waals surface area contributed by atoms with Crippen molar-refractivity contribution in [2.24, 2.45) is 0 Å². The fourth-order valence-electron chi connectivity index (χ4n) is 4.08. The van der Waals surface area contributed by atoms with E-state index in [9.17, 15) is 0 Å². The molecule has 0 saturated heterocycles. The molecule has 144 valence electrons. The molecule has 6 heteroatoms. The molecule has 0 N–H and O–H groups in total. The SMILES string of the molecule is c1ccc(CCn2nnnc2[C@H](c2cccnc2)N2CCc3ccccc32)cc1. The van der Waals surface area contributed by atoms with Gasteiger partial charge in [0.25, 0.3) is 0 Å². The van der Waals surface area contributed by atoms with Crippen LogP contribution in [0, 0.1) is 0 Å². The summed E-state index contributed by atoms with van der Waals surface area (Å²) in [6.07, 6.45) is 5.63. The Hall–Kier alpha value is -3.54. The lowest BCUT2D eigenvalue weighted by atomic mass is 10.1. The lowest BCUT2D eigenvalue weighted by molar-refractivity contribution is 0.539. The first kappa shape index (κ1) is 17.6. The summed E-state index contributed by atoms with van der Waals surface area (Å²) in [7, 11) is 0. The van der Waals surface area contributed by atoms with Crippen molar-refractivity contribution >= 4 is 5.69 Å². The van der Waals surface area contributed by atoms with Crippen LogP contribution in [-0.2, 0) is 19.4 Å². The van der Waals surface area contributed by atoms with Crippen LogP contribution < -0.4 is 4.90 Å². The van der Waals surface area contributed by atoms with Crippen LogP contribution in [0.4, 0.5) is 5.69 Å². The minimum absolute atomic E-state index is 0.0712. The van der Waals surface area contributed by atoms with Gasteiger partial charge in [0.15, 0.2) is 5.82 Å². The maximum absolute atomic E-state index is 4.46. The van der Waals surface area contributed by atoms with Crippen molar-refractivity contribution in [3.05, 3.63) is 102 Å². The van der Waals surface area contributed by atoms with E-state index in [4.69, 9.17) is 0 Å². The van der Waals surface area contributed by atoms with Gasteiger partial charge in [-0.2, -0.15) is 0 Å². The van der Waals surface area contributed by atoms with E-state index in [1.807, 2.05) is 23.0 Å². The molecule has 3 heterocycles. The summed E-state index contributed by atoms with van der Waals surface area (Å²) in [5.41, 5.74) is 4.99. The molecule has 1 aliphatic rings. The van der Waals surface area contributed by atoms with E-state index in [-0.39, 0.29) is 6.04 Å². The van der Waals surface area contributed by atoms with Crippen LogP contribution in [0.2, 0.25) is 0 Å². The fraction of sp³-hybridized carbons (Fsp3) is 0.217. The zero-order chi connectivity index (χ0) is 19.5. The number of hydrogen-bond donors (Lipinski definition) is 0. The van der Waals surface area contributed by atoms with Gasteiger partial charge in [-0.1, -0.05) is 54.6 Å². The molecule has 0 amide bonds. The summed E-state index contributed by atoms with van der Waals surface area (Å²) in [6, 6.07) is 23.0. The Morgan fingerprint density at radius 1 is 0.931 bits per heavy atom. The third-order valence-corrected chi connectivity index (χ3v) is 5.49. The van der Waals surface area contributed by atoms with Crippen LogP contribution >= 0.6 is 0 Å². The molecule has 6 nitrogen and oxygen atoms in total. The topological polar surface area (TPSA) is 59.7 Å². The van der Waals surface area contributed by atoms with Crippen molar-refractivity contribution in [2.75, 3.05) is 11.4 Å². The van der Waals surface area contributed by atoms with Crippen molar-refractivity contribution in [1.82, 2.24) is 25.2 Å². The Morgan fingerprint density at radius 2 is 1.79 bits per heavy atom. The van der Waals surface area contributed by atoms with Crippen LogP contribution in [0.15, 0.2) is 79.1 Å². The lowest BCUT2D eigenvalue weighted by Gasteiger charge is -2.29. The van der Waals surface area contributed by atoms with Gasteiger partial charge >= 0.3 is 0 Å². The summed E-state index contributed by atoms with van der Waals surface area (Å²) in [4.78, 5) is 6.76. The molecule has 0 saturated carbocycles. The second-order valence-electron chi connectivity index (χ2n) is 7.26. The van der Waals surface area contributed by atoms with Gasteiger partial charge in [-0.15, -0.1) is 5.10 Å². The zero-order valence-corrected chi connectivity index (χ0v) is 16.1. The Bertz CT molecular complexity index is 1080. The largest absolute Gasteiger partial charge is 0.357 e. The molecular formula is C23H22N6. The van der Waals surface area contributed by atoms with E-state index >= 15 is 0 Å². The highest BCUT2D eigenvalue weighted by molar-refractivity contribution is 5.60. The van der Waals surface area contributed by atoms with Crippen LogP contribution in [0.1, 0.15) is 28.6 Å². The average molecular weight is 382 g/mol. The molecule has 0 bridgehead atoms. The van der Waals surface area contributed by atoms with Crippen LogP contribution in [0.3, 0.4) is 0 Å². The van der Waals surface area contributed by atoms with Gasteiger partial charge in [0.05, 0.1) is 0 Å². The van der Waals surface area contributed by atoms with Crippen LogP contribution in [-0.4, -0.2) is 31.7 Å². The first-order valence-electron chi connectivity index (χ1n) is 9.94. The number of benzene rings is 2. The summed E-state index contributed by atoms with van der Waals surface area (Å²) >= 11 is 0. The molecule has 0 fully saturated rings. The van der Waals surface area contributed by atoms with E-state index in [0.29, 0.717) is 0 Å². The zero-order valence-electron chi connectivity index (χ0n) is 16.1. The average Bonchev–Trinajstić information content (AvgIpc) is 3.42. The molecule has 1 aliphatic heterocycles. The number of rotatable bonds is 6. The van der Waals surface area contributed by atoms with E-state index in [0.717, 1.165) is 37.3 Å². The van der Waals surface area contributed by atoms with Crippen LogP contribution in [0.25, 0.3) is 0 Å². The quantitative estimate of drug-likeness (QED) is 0.511. The summed E-state index contributed by atoms with van der Waals surface area (Å²) in [5, 5.41) is 12.8. The lowest BCUT2D eigenvalue weighted by Crippen LogP contribution is -2.30. The first-order valence-corrected chi connectivity index (χ1v) is 9.94. The van der Waals surface area contributed by atoms with Gasteiger partial charge in [0.2, 0.25) is 0 Å². The third-order valence-electron chi connectivity index (χ3n) is 5.49. The van der Waals surface area contributed by atoms with E-state index in [1.54, 1.807) is 6.20 Å². The minimum atomic E-state index is -0.0712. The number of nitrogens with zero attached hydrogens (tertiary/aromatic N) is 6.